The molecule has 1 heterocycles. The topological polar surface area (TPSA) is 68.3 Å². The SMILES string of the molecule is NCC(Cc1ccccc1)NC(=O)c1ccco1. The van der Waals surface area contributed by atoms with Crippen molar-refractivity contribution in [1.82, 2.24) is 5.32 Å². The number of hydrogen-bond acceptors (Lipinski definition) is 3. The van der Waals surface area contributed by atoms with Gasteiger partial charge in [0.2, 0.25) is 0 Å². The van der Waals surface area contributed by atoms with Gasteiger partial charge in [-0.25, -0.2) is 0 Å². The van der Waals surface area contributed by atoms with Gasteiger partial charge >= 0.3 is 0 Å². The Morgan fingerprint density at radius 1 is 1.22 bits per heavy atom. The number of nitrogens with two attached hydrogens (primary N) is 1. The van der Waals surface area contributed by atoms with Crippen molar-refractivity contribution in [2.75, 3.05) is 6.54 Å². The molecule has 0 saturated carbocycles. The third kappa shape index (κ3) is 3.21. The first kappa shape index (κ1) is 12.4. The molecule has 2 aromatic rings. The van der Waals surface area contributed by atoms with Crippen LogP contribution in [-0.2, 0) is 6.42 Å². The molecule has 94 valence electrons. The van der Waals surface area contributed by atoms with Crippen molar-refractivity contribution in [3.8, 4) is 0 Å². The Hall–Kier alpha value is -2.07. The van der Waals surface area contributed by atoms with Gasteiger partial charge < -0.3 is 15.5 Å². The van der Waals surface area contributed by atoms with Crippen LogP contribution in [0.1, 0.15) is 16.1 Å². The summed E-state index contributed by atoms with van der Waals surface area (Å²) < 4.78 is 5.04. The lowest BCUT2D eigenvalue weighted by atomic mass is 10.1. The summed E-state index contributed by atoms with van der Waals surface area (Å²) in [5.74, 6) is 0.0768. The van der Waals surface area contributed by atoms with Crippen LogP contribution in [0, 0.1) is 0 Å². The Morgan fingerprint density at radius 2 is 2.00 bits per heavy atom. The molecular formula is C14H16N2O2. The fraction of sp³-hybridized carbons (Fsp3) is 0.214. The number of furan rings is 1. The predicted molar refractivity (Wildman–Crippen MR) is 69.2 cm³/mol. The van der Waals surface area contributed by atoms with Crippen LogP contribution in [0.4, 0.5) is 0 Å². The normalized spacial score (nSPS) is 12.1. The highest BCUT2D eigenvalue weighted by molar-refractivity contribution is 5.91. The molecule has 0 saturated heterocycles. The minimum absolute atomic E-state index is 0.0926. The number of nitrogens with one attached hydrogen (secondary N) is 1. The lowest BCUT2D eigenvalue weighted by Crippen LogP contribution is -2.41. The van der Waals surface area contributed by atoms with E-state index in [1.165, 1.54) is 6.26 Å². The van der Waals surface area contributed by atoms with E-state index in [1.807, 2.05) is 30.3 Å². The van der Waals surface area contributed by atoms with E-state index in [2.05, 4.69) is 5.32 Å². The van der Waals surface area contributed by atoms with Crippen LogP contribution in [0.5, 0.6) is 0 Å². The molecule has 1 amide bonds. The molecule has 0 bridgehead atoms. The van der Waals surface area contributed by atoms with Crippen LogP contribution in [0.3, 0.4) is 0 Å². The van der Waals surface area contributed by atoms with Gasteiger partial charge in [-0.15, -0.1) is 0 Å². The van der Waals surface area contributed by atoms with Gasteiger partial charge in [-0.3, -0.25) is 4.79 Å². The van der Waals surface area contributed by atoms with Gasteiger partial charge in [0, 0.05) is 12.6 Å². The third-order valence-electron chi connectivity index (χ3n) is 2.69. The lowest BCUT2D eigenvalue weighted by Gasteiger charge is -2.16. The van der Waals surface area contributed by atoms with E-state index >= 15 is 0 Å². The van der Waals surface area contributed by atoms with E-state index < -0.39 is 0 Å². The first-order chi connectivity index (χ1) is 8.79. The van der Waals surface area contributed by atoms with Crippen LogP contribution < -0.4 is 11.1 Å². The van der Waals surface area contributed by atoms with Crippen molar-refractivity contribution in [3.05, 3.63) is 60.1 Å². The Labute approximate surface area is 106 Å². The maximum absolute atomic E-state index is 11.8. The summed E-state index contributed by atoms with van der Waals surface area (Å²) in [6.07, 6.45) is 2.19. The van der Waals surface area contributed by atoms with Crippen LogP contribution in [-0.4, -0.2) is 18.5 Å². The molecule has 18 heavy (non-hydrogen) atoms. The van der Waals surface area contributed by atoms with Crippen LogP contribution >= 0.6 is 0 Å². The highest BCUT2D eigenvalue weighted by atomic mass is 16.3. The first-order valence-corrected chi connectivity index (χ1v) is 5.88. The maximum atomic E-state index is 11.8. The highest BCUT2D eigenvalue weighted by Crippen LogP contribution is 2.04. The zero-order valence-corrected chi connectivity index (χ0v) is 10.0. The van der Waals surface area contributed by atoms with E-state index in [9.17, 15) is 4.79 Å². The molecule has 1 atom stereocenters. The third-order valence-corrected chi connectivity index (χ3v) is 2.69. The fourth-order valence-corrected chi connectivity index (χ4v) is 1.76. The molecule has 0 spiro atoms. The quantitative estimate of drug-likeness (QED) is 0.839. The molecule has 0 aliphatic heterocycles. The van der Waals surface area contributed by atoms with Gasteiger partial charge in [-0.1, -0.05) is 30.3 Å². The molecule has 0 aliphatic rings. The van der Waals surface area contributed by atoms with E-state index in [-0.39, 0.29) is 11.9 Å². The molecule has 1 aromatic heterocycles. The molecule has 0 aliphatic carbocycles. The summed E-state index contributed by atoms with van der Waals surface area (Å²) in [5, 5.41) is 2.86. The maximum Gasteiger partial charge on any atom is 0.287 e. The summed E-state index contributed by atoms with van der Waals surface area (Å²) in [6.45, 7) is 0.390. The number of carbonyl (C=O) groups excluding carboxylic acids is 1. The monoisotopic (exact) mass is 244 g/mol. The number of benzene rings is 1. The van der Waals surface area contributed by atoms with E-state index in [0.717, 1.165) is 5.56 Å². The second-order valence-corrected chi connectivity index (χ2v) is 4.07. The number of carbonyl (C=O) groups is 1. The molecule has 1 unspecified atom stereocenters. The second-order valence-electron chi connectivity index (χ2n) is 4.07. The van der Waals surface area contributed by atoms with Crippen LogP contribution in [0.2, 0.25) is 0 Å². The van der Waals surface area contributed by atoms with Crippen molar-refractivity contribution in [2.45, 2.75) is 12.5 Å². The molecule has 3 N–H and O–H groups in total. The average Bonchev–Trinajstić information content (AvgIpc) is 2.93. The Morgan fingerprint density at radius 3 is 2.61 bits per heavy atom. The van der Waals surface area contributed by atoms with E-state index in [0.29, 0.717) is 18.7 Å². The van der Waals surface area contributed by atoms with E-state index in [1.54, 1.807) is 12.1 Å². The van der Waals surface area contributed by atoms with Gasteiger partial charge in [-0.2, -0.15) is 0 Å². The molecule has 0 fully saturated rings. The van der Waals surface area contributed by atoms with Crippen molar-refractivity contribution in [3.63, 3.8) is 0 Å². The fourth-order valence-electron chi connectivity index (χ4n) is 1.76. The smallest absolute Gasteiger partial charge is 0.287 e. The largest absolute Gasteiger partial charge is 0.459 e. The summed E-state index contributed by atoms with van der Waals surface area (Å²) in [6, 6.07) is 13.2. The van der Waals surface area contributed by atoms with Crippen molar-refractivity contribution in [2.24, 2.45) is 5.73 Å². The molecular weight excluding hydrogens is 228 g/mol. The summed E-state index contributed by atoms with van der Waals surface area (Å²) in [4.78, 5) is 11.8. The van der Waals surface area contributed by atoms with Gasteiger partial charge in [0.05, 0.1) is 6.26 Å². The van der Waals surface area contributed by atoms with Crippen molar-refractivity contribution < 1.29 is 9.21 Å². The molecule has 0 radical (unpaired) electrons. The summed E-state index contributed by atoms with van der Waals surface area (Å²) in [7, 11) is 0. The lowest BCUT2D eigenvalue weighted by molar-refractivity contribution is 0.0910. The Balaban J connectivity index is 1.96. The Kier molecular flexibility index (Phi) is 4.15. The highest BCUT2D eigenvalue weighted by Gasteiger charge is 2.14. The minimum atomic E-state index is -0.230. The van der Waals surface area contributed by atoms with Gasteiger partial charge in [0.15, 0.2) is 5.76 Å². The average molecular weight is 244 g/mol. The molecule has 1 aromatic carbocycles. The van der Waals surface area contributed by atoms with Gasteiger partial charge in [0.25, 0.3) is 5.91 Å². The second kappa shape index (κ2) is 6.02. The summed E-state index contributed by atoms with van der Waals surface area (Å²) >= 11 is 0. The van der Waals surface area contributed by atoms with Crippen molar-refractivity contribution >= 4 is 5.91 Å². The molecule has 4 nitrogen and oxygen atoms in total. The standard InChI is InChI=1S/C14H16N2O2/c15-10-12(9-11-5-2-1-3-6-11)16-14(17)13-7-4-8-18-13/h1-8,12H,9-10,15H2,(H,16,17). The molecule has 4 heteroatoms. The number of rotatable bonds is 5. The number of amides is 1. The number of hydrogen-bond donors (Lipinski definition) is 2. The molecule has 2 rings (SSSR count). The van der Waals surface area contributed by atoms with Crippen molar-refractivity contribution in [1.29, 1.82) is 0 Å². The summed E-state index contributed by atoms with van der Waals surface area (Å²) in [5.41, 5.74) is 6.82. The van der Waals surface area contributed by atoms with Gasteiger partial charge in [0.1, 0.15) is 0 Å². The van der Waals surface area contributed by atoms with E-state index in [4.69, 9.17) is 10.2 Å². The first-order valence-electron chi connectivity index (χ1n) is 5.88. The van der Waals surface area contributed by atoms with Crippen LogP contribution in [0.15, 0.2) is 53.1 Å². The zero-order valence-electron chi connectivity index (χ0n) is 10.0. The van der Waals surface area contributed by atoms with Gasteiger partial charge in [-0.05, 0) is 24.1 Å². The van der Waals surface area contributed by atoms with Crippen LogP contribution in [0.25, 0.3) is 0 Å². The zero-order chi connectivity index (χ0) is 12.8. The minimum Gasteiger partial charge on any atom is -0.459 e. The predicted octanol–water partition coefficient (Wildman–Crippen LogP) is 1.58. The Bertz CT molecular complexity index is 480.